The molecule has 1 rings (SSSR count). The van der Waals surface area contributed by atoms with E-state index in [0.29, 0.717) is 5.92 Å². The molecular weight excluding hydrogens is 208 g/mol. The molecule has 0 spiro atoms. The van der Waals surface area contributed by atoms with Gasteiger partial charge in [0.1, 0.15) is 0 Å². The van der Waals surface area contributed by atoms with E-state index in [9.17, 15) is 9.59 Å². The summed E-state index contributed by atoms with van der Waals surface area (Å²) in [7, 11) is 0. The van der Waals surface area contributed by atoms with Crippen LogP contribution in [0.3, 0.4) is 0 Å². The van der Waals surface area contributed by atoms with Crippen molar-refractivity contribution in [3.05, 3.63) is 0 Å². The Hall–Kier alpha value is -1.10. The summed E-state index contributed by atoms with van der Waals surface area (Å²) in [6.45, 7) is 8.91. The third-order valence-corrected chi connectivity index (χ3v) is 2.73. The number of nitrogens with one attached hydrogen (secondary N) is 1. The van der Waals surface area contributed by atoms with Crippen molar-refractivity contribution in [1.29, 1.82) is 0 Å². The van der Waals surface area contributed by atoms with Gasteiger partial charge in [-0.05, 0) is 18.4 Å². The van der Waals surface area contributed by atoms with Crippen LogP contribution in [0.2, 0.25) is 0 Å². The molecular formula is C11H20N2O3. The van der Waals surface area contributed by atoms with Crippen molar-refractivity contribution in [3.63, 3.8) is 0 Å². The summed E-state index contributed by atoms with van der Waals surface area (Å²) in [6.07, 6.45) is 0.327. The van der Waals surface area contributed by atoms with E-state index < -0.39 is 6.09 Å². The first kappa shape index (κ1) is 13.0. The molecule has 1 aliphatic heterocycles. The second kappa shape index (κ2) is 5.30. The molecule has 0 aromatic heterocycles. The molecule has 1 aliphatic rings. The van der Waals surface area contributed by atoms with E-state index in [0.717, 1.165) is 18.0 Å². The Morgan fingerprint density at radius 3 is 2.38 bits per heavy atom. The zero-order chi connectivity index (χ0) is 12.3. The van der Waals surface area contributed by atoms with E-state index in [-0.39, 0.29) is 17.9 Å². The van der Waals surface area contributed by atoms with E-state index in [1.807, 2.05) is 13.8 Å². The van der Waals surface area contributed by atoms with Crippen molar-refractivity contribution in [3.8, 4) is 0 Å². The van der Waals surface area contributed by atoms with Crippen LogP contribution in [0.4, 0.5) is 4.79 Å². The first-order chi connectivity index (χ1) is 7.47. The average molecular weight is 228 g/mol. The topological polar surface area (TPSA) is 61.7 Å². The van der Waals surface area contributed by atoms with Crippen LogP contribution in [0.15, 0.2) is 0 Å². The minimum atomic E-state index is -0.551. The molecule has 1 fully saturated rings. The Morgan fingerprint density at radius 1 is 1.44 bits per heavy atom. The predicted octanol–water partition coefficient (Wildman–Crippen LogP) is 1.54. The van der Waals surface area contributed by atoms with Gasteiger partial charge in [-0.15, -0.1) is 0 Å². The SMILES string of the molecule is CC[C@H](C)[C@H](NCC(C)C)C(=O)N1OC1=O. The summed E-state index contributed by atoms with van der Waals surface area (Å²) in [5, 5.41) is 4.01. The summed E-state index contributed by atoms with van der Waals surface area (Å²) in [5.41, 5.74) is 0. The van der Waals surface area contributed by atoms with Crippen LogP contribution >= 0.6 is 0 Å². The molecule has 1 saturated heterocycles. The van der Waals surface area contributed by atoms with E-state index in [2.05, 4.69) is 24.0 Å². The predicted molar refractivity (Wildman–Crippen MR) is 59.4 cm³/mol. The Bertz CT molecular complexity index is 278. The largest absolute Gasteiger partial charge is 0.476 e. The molecule has 1 N–H and O–H groups in total. The molecule has 2 atom stereocenters. The van der Waals surface area contributed by atoms with Crippen LogP contribution in [0.1, 0.15) is 34.1 Å². The summed E-state index contributed by atoms with van der Waals surface area (Å²) < 4.78 is 0. The lowest BCUT2D eigenvalue weighted by atomic mass is 9.98. The van der Waals surface area contributed by atoms with Gasteiger partial charge in [0.2, 0.25) is 0 Å². The second-order valence-electron chi connectivity index (χ2n) is 4.66. The summed E-state index contributed by atoms with van der Waals surface area (Å²) in [5.74, 6) is 0.369. The van der Waals surface area contributed by atoms with Crippen LogP contribution in [0, 0.1) is 11.8 Å². The molecule has 5 nitrogen and oxygen atoms in total. The highest BCUT2D eigenvalue weighted by atomic mass is 16.9. The van der Waals surface area contributed by atoms with Gasteiger partial charge in [-0.3, -0.25) is 4.79 Å². The van der Waals surface area contributed by atoms with Crippen LogP contribution in [0.25, 0.3) is 0 Å². The molecule has 0 aromatic rings. The number of rotatable bonds is 6. The van der Waals surface area contributed by atoms with Gasteiger partial charge in [-0.2, -0.15) is 0 Å². The summed E-state index contributed by atoms with van der Waals surface area (Å²) in [6, 6.07) is -0.334. The summed E-state index contributed by atoms with van der Waals surface area (Å²) >= 11 is 0. The molecule has 0 bridgehead atoms. The zero-order valence-corrected chi connectivity index (χ0v) is 10.3. The minimum absolute atomic E-state index is 0.184. The monoisotopic (exact) mass is 228 g/mol. The lowest BCUT2D eigenvalue weighted by molar-refractivity contribution is -0.135. The molecule has 2 amide bonds. The van der Waals surface area contributed by atoms with Gasteiger partial charge in [-0.1, -0.05) is 39.2 Å². The fourth-order valence-electron chi connectivity index (χ4n) is 1.45. The van der Waals surface area contributed by atoms with Crippen molar-refractivity contribution < 1.29 is 14.4 Å². The molecule has 0 saturated carbocycles. The maximum Gasteiger partial charge on any atom is 0.476 e. The normalized spacial score (nSPS) is 18.3. The number of hydrogen-bond donors (Lipinski definition) is 1. The number of nitrogens with zero attached hydrogens (tertiary/aromatic N) is 1. The van der Waals surface area contributed by atoms with E-state index in [1.165, 1.54) is 0 Å². The van der Waals surface area contributed by atoms with Crippen molar-refractivity contribution in [2.45, 2.75) is 40.2 Å². The van der Waals surface area contributed by atoms with Crippen LogP contribution in [0.5, 0.6) is 0 Å². The minimum Gasteiger partial charge on any atom is -0.305 e. The highest BCUT2D eigenvalue weighted by Gasteiger charge is 2.45. The first-order valence-electron chi connectivity index (χ1n) is 5.76. The molecule has 92 valence electrons. The van der Waals surface area contributed by atoms with Crippen molar-refractivity contribution in [2.24, 2.45) is 11.8 Å². The third-order valence-electron chi connectivity index (χ3n) is 2.73. The Balaban J connectivity index is 2.55. The van der Waals surface area contributed by atoms with E-state index >= 15 is 0 Å². The maximum atomic E-state index is 11.8. The van der Waals surface area contributed by atoms with Gasteiger partial charge in [-0.25, -0.2) is 4.79 Å². The van der Waals surface area contributed by atoms with Gasteiger partial charge in [0, 0.05) is 0 Å². The smallest absolute Gasteiger partial charge is 0.305 e. The standard InChI is InChI=1S/C11H20N2O3/c1-5-8(4)9(12-6-7(2)3)10(14)13-11(15)16-13/h7-9,12H,5-6H2,1-4H3/t8-,9-,13?/m0/s1. The lowest BCUT2D eigenvalue weighted by Crippen LogP contribution is -2.46. The third kappa shape index (κ3) is 3.20. The van der Waals surface area contributed by atoms with Crippen LogP contribution in [-0.2, 0) is 9.63 Å². The number of imide groups is 1. The molecule has 16 heavy (non-hydrogen) atoms. The van der Waals surface area contributed by atoms with E-state index in [1.54, 1.807) is 0 Å². The number of hydroxylamine groups is 2. The Morgan fingerprint density at radius 2 is 2.00 bits per heavy atom. The zero-order valence-electron chi connectivity index (χ0n) is 10.3. The molecule has 0 aromatic carbocycles. The molecule has 0 radical (unpaired) electrons. The lowest BCUT2D eigenvalue weighted by Gasteiger charge is -2.22. The van der Waals surface area contributed by atoms with Crippen molar-refractivity contribution in [2.75, 3.05) is 6.54 Å². The fraction of sp³-hybridized carbons (Fsp3) is 0.818. The number of carbonyl (C=O) groups is 2. The van der Waals surface area contributed by atoms with Crippen LogP contribution < -0.4 is 5.32 Å². The quantitative estimate of drug-likeness (QED) is 0.700. The number of amides is 2. The highest BCUT2D eigenvalue weighted by molar-refractivity contribution is 6.00. The molecule has 0 unspecified atom stereocenters. The highest BCUT2D eigenvalue weighted by Crippen LogP contribution is 2.18. The number of carbonyl (C=O) groups excluding carboxylic acids is 2. The Labute approximate surface area is 96.1 Å². The van der Waals surface area contributed by atoms with Gasteiger partial charge >= 0.3 is 6.09 Å². The molecule has 5 heteroatoms. The average Bonchev–Trinajstić information content (AvgIpc) is 2.94. The van der Waals surface area contributed by atoms with Crippen molar-refractivity contribution >= 4 is 12.0 Å². The van der Waals surface area contributed by atoms with Gasteiger partial charge < -0.3 is 10.2 Å². The van der Waals surface area contributed by atoms with Gasteiger partial charge in [0.05, 0.1) is 6.04 Å². The molecule has 0 aliphatic carbocycles. The first-order valence-corrected chi connectivity index (χ1v) is 5.76. The second-order valence-corrected chi connectivity index (χ2v) is 4.66. The van der Waals surface area contributed by atoms with Gasteiger partial charge in [0.15, 0.2) is 0 Å². The van der Waals surface area contributed by atoms with E-state index in [4.69, 9.17) is 0 Å². The summed E-state index contributed by atoms with van der Waals surface area (Å²) in [4.78, 5) is 27.0. The number of hydrogen-bond acceptors (Lipinski definition) is 4. The van der Waals surface area contributed by atoms with Crippen molar-refractivity contribution in [1.82, 2.24) is 10.4 Å². The maximum absolute atomic E-state index is 11.8. The molecule has 1 heterocycles. The Kier molecular flexibility index (Phi) is 4.29. The fourth-order valence-corrected chi connectivity index (χ4v) is 1.45. The van der Waals surface area contributed by atoms with Crippen LogP contribution in [-0.4, -0.2) is 29.7 Å². The van der Waals surface area contributed by atoms with Gasteiger partial charge in [0.25, 0.3) is 5.91 Å².